The zero-order chi connectivity index (χ0) is 17.9. The summed E-state index contributed by atoms with van der Waals surface area (Å²) in [4.78, 5) is 26.2. The van der Waals surface area contributed by atoms with E-state index >= 15 is 0 Å². The van der Waals surface area contributed by atoms with Crippen LogP contribution in [-0.4, -0.2) is 42.4 Å². The van der Waals surface area contributed by atoms with Crippen LogP contribution in [0.4, 0.5) is 5.69 Å². The van der Waals surface area contributed by atoms with Crippen molar-refractivity contribution in [2.75, 3.05) is 25.0 Å². The molecular weight excluding hydrogens is 302 g/mol. The third-order valence-electron chi connectivity index (χ3n) is 4.07. The van der Waals surface area contributed by atoms with Gasteiger partial charge in [0.15, 0.2) is 0 Å². The molecule has 5 heteroatoms. The average Bonchev–Trinajstić information content (AvgIpc) is 2.53. The molecule has 0 aliphatic heterocycles. The van der Waals surface area contributed by atoms with Gasteiger partial charge in [-0.25, -0.2) is 0 Å². The molecule has 2 N–H and O–H groups in total. The molecule has 134 valence electrons. The van der Waals surface area contributed by atoms with Gasteiger partial charge in [-0.05, 0) is 58.5 Å². The molecule has 0 saturated carbocycles. The second-order valence-corrected chi connectivity index (χ2v) is 6.23. The lowest BCUT2D eigenvalue weighted by Gasteiger charge is -2.19. The van der Waals surface area contributed by atoms with Gasteiger partial charge in [0.2, 0.25) is 11.8 Å². The molecule has 0 radical (unpaired) electrons. The molecule has 1 atom stereocenters. The fourth-order valence-corrected chi connectivity index (χ4v) is 2.55. The average molecular weight is 333 g/mol. The van der Waals surface area contributed by atoms with Gasteiger partial charge in [-0.1, -0.05) is 31.5 Å². The van der Waals surface area contributed by atoms with E-state index in [1.54, 1.807) is 0 Å². The van der Waals surface area contributed by atoms with Crippen molar-refractivity contribution in [3.05, 3.63) is 29.8 Å². The normalized spacial score (nSPS) is 12.0. The molecule has 0 aliphatic rings. The minimum atomic E-state index is -0.285. The SMILES string of the molecule is CCN(CC)CCC[C@H](C)NC(=O)CC(=O)Nc1ccc(C)cc1. The number of anilines is 1. The predicted molar refractivity (Wildman–Crippen MR) is 99.1 cm³/mol. The molecular formula is C19H31N3O2. The van der Waals surface area contributed by atoms with Crippen LogP contribution >= 0.6 is 0 Å². The Bertz CT molecular complexity index is 510. The van der Waals surface area contributed by atoms with Gasteiger partial charge >= 0.3 is 0 Å². The minimum absolute atomic E-state index is 0.0836. The highest BCUT2D eigenvalue weighted by atomic mass is 16.2. The van der Waals surface area contributed by atoms with Gasteiger partial charge in [0.25, 0.3) is 0 Å². The minimum Gasteiger partial charge on any atom is -0.353 e. The first kappa shape index (κ1) is 20.2. The van der Waals surface area contributed by atoms with Crippen molar-refractivity contribution in [3.8, 4) is 0 Å². The van der Waals surface area contributed by atoms with Gasteiger partial charge in [0, 0.05) is 11.7 Å². The maximum absolute atomic E-state index is 11.9. The molecule has 0 bridgehead atoms. The number of hydrogen-bond donors (Lipinski definition) is 2. The lowest BCUT2D eigenvalue weighted by Crippen LogP contribution is -2.35. The van der Waals surface area contributed by atoms with E-state index in [2.05, 4.69) is 29.4 Å². The van der Waals surface area contributed by atoms with Gasteiger partial charge in [-0.15, -0.1) is 0 Å². The number of rotatable bonds is 10. The van der Waals surface area contributed by atoms with E-state index in [0.717, 1.165) is 38.0 Å². The van der Waals surface area contributed by atoms with Crippen LogP contribution in [0, 0.1) is 6.92 Å². The molecule has 1 aromatic rings. The number of nitrogens with zero attached hydrogens (tertiary/aromatic N) is 1. The Morgan fingerprint density at radius 1 is 1.08 bits per heavy atom. The van der Waals surface area contributed by atoms with Gasteiger partial charge in [-0.3, -0.25) is 9.59 Å². The Balaban J connectivity index is 2.26. The van der Waals surface area contributed by atoms with Gasteiger partial charge in [0.05, 0.1) is 0 Å². The number of aryl methyl sites for hydroxylation is 1. The van der Waals surface area contributed by atoms with Crippen molar-refractivity contribution < 1.29 is 9.59 Å². The standard InChI is InChI=1S/C19H31N3O2/c1-5-22(6-2)13-7-8-16(4)20-18(23)14-19(24)21-17-11-9-15(3)10-12-17/h9-12,16H,5-8,13-14H2,1-4H3,(H,20,23)(H,21,24)/t16-/m0/s1. The third kappa shape index (κ3) is 8.11. The topological polar surface area (TPSA) is 61.4 Å². The molecule has 0 saturated heterocycles. The van der Waals surface area contributed by atoms with Crippen molar-refractivity contribution in [3.63, 3.8) is 0 Å². The zero-order valence-corrected chi connectivity index (χ0v) is 15.4. The maximum atomic E-state index is 11.9. The van der Waals surface area contributed by atoms with Crippen molar-refractivity contribution in [1.29, 1.82) is 0 Å². The Labute approximate surface area is 145 Å². The molecule has 0 heterocycles. The maximum Gasteiger partial charge on any atom is 0.233 e. The summed E-state index contributed by atoms with van der Waals surface area (Å²) in [6.45, 7) is 11.4. The first-order valence-corrected chi connectivity index (χ1v) is 8.82. The van der Waals surface area contributed by atoms with Crippen LogP contribution in [0.25, 0.3) is 0 Å². The van der Waals surface area contributed by atoms with Crippen LogP contribution in [0.3, 0.4) is 0 Å². The largest absolute Gasteiger partial charge is 0.353 e. The molecule has 24 heavy (non-hydrogen) atoms. The molecule has 0 aromatic heterocycles. The quantitative estimate of drug-likeness (QED) is 0.647. The summed E-state index contributed by atoms with van der Waals surface area (Å²) in [7, 11) is 0. The molecule has 0 fully saturated rings. The van der Waals surface area contributed by atoms with Crippen LogP contribution in [0.5, 0.6) is 0 Å². The van der Waals surface area contributed by atoms with Crippen molar-refractivity contribution in [2.45, 2.75) is 53.0 Å². The number of carbonyl (C=O) groups excluding carboxylic acids is 2. The fraction of sp³-hybridized carbons (Fsp3) is 0.579. The number of amides is 2. The smallest absolute Gasteiger partial charge is 0.233 e. The lowest BCUT2D eigenvalue weighted by atomic mass is 10.1. The summed E-state index contributed by atoms with van der Waals surface area (Å²) < 4.78 is 0. The van der Waals surface area contributed by atoms with Gasteiger partial charge in [-0.2, -0.15) is 0 Å². The second kappa shape index (κ2) is 10.8. The highest BCUT2D eigenvalue weighted by Crippen LogP contribution is 2.09. The fourth-order valence-electron chi connectivity index (χ4n) is 2.55. The predicted octanol–water partition coefficient (Wildman–Crippen LogP) is 2.95. The molecule has 0 unspecified atom stereocenters. The molecule has 0 aliphatic carbocycles. The van der Waals surface area contributed by atoms with Gasteiger partial charge < -0.3 is 15.5 Å². The summed E-state index contributed by atoms with van der Waals surface area (Å²) in [5.41, 5.74) is 1.84. The summed E-state index contributed by atoms with van der Waals surface area (Å²) in [5.74, 6) is -0.512. The van der Waals surface area contributed by atoms with E-state index in [9.17, 15) is 9.59 Å². The van der Waals surface area contributed by atoms with Crippen LogP contribution in [0.1, 0.15) is 45.6 Å². The van der Waals surface area contributed by atoms with Gasteiger partial charge in [0.1, 0.15) is 6.42 Å². The van der Waals surface area contributed by atoms with Crippen molar-refractivity contribution >= 4 is 17.5 Å². The lowest BCUT2D eigenvalue weighted by molar-refractivity contribution is -0.127. The van der Waals surface area contributed by atoms with Crippen LogP contribution in [0.2, 0.25) is 0 Å². The first-order chi connectivity index (χ1) is 11.4. The van der Waals surface area contributed by atoms with E-state index in [-0.39, 0.29) is 24.3 Å². The van der Waals surface area contributed by atoms with Crippen LogP contribution in [0.15, 0.2) is 24.3 Å². The third-order valence-corrected chi connectivity index (χ3v) is 4.07. The zero-order valence-electron chi connectivity index (χ0n) is 15.4. The highest BCUT2D eigenvalue weighted by Gasteiger charge is 2.12. The number of carbonyl (C=O) groups is 2. The van der Waals surface area contributed by atoms with E-state index < -0.39 is 0 Å². The number of nitrogens with one attached hydrogen (secondary N) is 2. The summed E-state index contributed by atoms with van der Waals surface area (Å²) >= 11 is 0. The molecule has 0 spiro atoms. The van der Waals surface area contributed by atoms with E-state index in [1.165, 1.54) is 0 Å². The summed E-state index contributed by atoms with van der Waals surface area (Å²) in [6.07, 6.45) is 1.81. The van der Waals surface area contributed by atoms with E-state index in [0.29, 0.717) is 5.69 Å². The Hall–Kier alpha value is -1.88. The molecule has 1 aromatic carbocycles. The van der Waals surface area contributed by atoms with Crippen molar-refractivity contribution in [2.24, 2.45) is 0 Å². The van der Waals surface area contributed by atoms with Crippen LogP contribution < -0.4 is 10.6 Å². The Morgan fingerprint density at radius 3 is 2.29 bits per heavy atom. The number of hydrogen-bond acceptors (Lipinski definition) is 3. The van der Waals surface area contributed by atoms with E-state index in [1.807, 2.05) is 38.1 Å². The Kier molecular flexibility index (Phi) is 9.08. The van der Waals surface area contributed by atoms with E-state index in [4.69, 9.17) is 0 Å². The highest BCUT2D eigenvalue weighted by molar-refractivity contribution is 6.03. The number of benzene rings is 1. The monoisotopic (exact) mass is 333 g/mol. The molecule has 5 nitrogen and oxygen atoms in total. The molecule has 1 rings (SSSR count). The summed E-state index contributed by atoms with van der Waals surface area (Å²) in [6, 6.07) is 7.60. The summed E-state index contributed by atoms with van der Waals surface area (Å²) in [5, 5.41) is 5.64. The van der Waals surface area contributed by atoms with Crippen LogP contribution in [-0.2, 0) is 9.59 Å². The first-order valence-electron chi connectivity index (χ1n) is 8.82. The van der Waals surface area contributed by atoms with Crippen molar-refractivity contribution in [1.82, 2.24) is 10.2 Å². The Morgan fingerprint density at radius 2 is 1.71 bits per heavy atom. The molecule has 2 amide bonds. The second-order valence-electron chi connectivity index (χ2n) is 6.23.